The average molecular weight is 283 g/mol. The van der Waals surface area contributed by atoms with E-state index < -0.39 is 0 Å². The fraction of sp³-hybridized carbons (Fsp3) is 0.650. The van der Waals surface area contributed by atoms with Crippen LogP contribution in [0.4, 0.5) is 0 Å². The summed E-state index contributed by atoms with van der Waals surface area (Å²) in [6.45, 7) is 4.54. The molecule has 21 heavy (non-hydrogen) atoms. The zero-order chi connectivity index (χ0) is 15.1. The van der Waals surface area contributed by atoms with Crippen molar-refractivity contribution in [3.8, 4) is 6.07 Å². The first kappa shape index (κ1) is 16.1. The molecule has 0 spiro atoms. The van der Waals surface area contributed by atoms with Gasteiger partial charge in [0.2, 0.25) is 0 Å². The van der Waals surface area contributed by atoms with Crippen LogP contribution in [0.1, 0.15) is 100 Å². The van der Waals surface area contributed by atoms with E-state index in [0.717, 1.165) is 5.56 Å². The van der Waals surface area contributed by atoms with Crippen LogP contribution in [0.25, 0.3) is 0 Å². The maximum absolute atomic E-state index is 9.44. The molecule has 0 saturated heterocycles. The molecular formula is C20H29N. The third-order valence-corrected chi connectivity index (χ3v) is 4.99. The monoisotopic (exact) mass is 283 g/mol. The van der Waals surface area contributed by atoms with Crippen LogP contribution in [0.3, 0.4) is 0 Å². The van der Waals surface area contributed by atoms with Crippen molar-refractivity contribution in [1.82, 2.24) is 0 Å². The summed E-state index contributed by atoms with van der Waals surface area (Å²) < 4.78 is 0. The first-order valence-corrected chi connectivity index (χ1v) is 8.84. The maximum Gasteiger partial charge on any atom is 0.0994 e. The molecular weight excluding hydrogens is 254 g/mol. The van der Waals surface area contributed by atoms with Crippen LogP contribution in [0.5, 0.6) is 0 Å². The van der Waals surface area contributed by atoms with E-state index in [2.05, 4.69) is 38.1 Å². The van der Waals surface area contributed by atoms with Gasteiger partial charge in [0.15, 0.2) is 0 Å². The largest absolute Gasteiger partial charge is 0.192 e. The van der Waals surface area contributed by atoms with Crippen LogP contribution < -0.4 is 0 Å². The molecule has 1 aromatic carbocycles. The number of nitrogens with zero attached hydrogens (tertiary/aromatic N) is 1. The lowest BCUT2D eigenvalue weighted by Crippen LogP contribution is -2.08. The van der Waals surface area contributed by atoms with E-state index in [4.69, 9.17) is 0 Å². The predicted molar refractivity (Wildman–Crippen MR) is 89.5 cm³/mol. The Hall–Kier alpha value is -1.29. The summed E-state index contributed by atoms with van der Waals surface area (Å²) in [6, 6.07) is 9.09. The van der Waals surface area contributed by atoms with Crippen LogP contribution in [0.2, 0.25) is 0 Å². The van der Waals surface area contributed by atoms with E-state index in [9.17, 15) is 5.26 Å². The third kappa shape index (κ3) is 4.10. The fourth-order valence-corrected chi connectivity index (χ4v) is 3.86. The molecule has 1 aromatic rings. The lowest BCUT2D eigenvalue weighted by Gasteiger charge is -2.25. The second kappa shape index (κ2) is 8.23. The number of hydrogen-bond acceptors (Lipinski definition) is 1. The highest BCUT2D eigenvalue weighted by Gasteiger charge is 2.20. The molecule has 0 amide bonds. The van der Waals surface area contributed by atoms with Crippen molar-refractivity contribution in [3.05, 3.63) is 34.9 Å². The molecule has 0 atom stereocenters. The SMILES string of the molecule is CCCC(CCC)c1ccc(C#N)c(C2CCCCC2)c1. The smallest absolute Gasteiger partial charge is 0.0994 e. The second-order valence-corrected chi connectivity index (χ2v) is 6.57. The summed E-state index contributed by atoms with van der Waals surface area (Å²) >= 11 is 0. The normalized spacial score (nSPS) is 16.1. The molecule has 1 aliphatic carbocycles. The molecule has 0 heterocycles. The number of nitriles is 1. The Morgan fingerprint density at radius 3 is 2.33 bits per heavy atom. The number of benzene rings is 1. The van der Waals surface area contributed by atoms with Crippen molar-refractivity contribution in [2.24, 2.45) is 0 Å². The molecule has 0 aliphatic heterocycles. The zero-order valence-corrected chi connectivity index (χ0v) is 13.7. The summed E-state index contributed by atoms with van der Waals surface area (Å²) in [7, 11) is 0. The van der Waals surface area contributed by atoms with E-state index in [1.165, 1.54) is 68.9 Å². The van der Waals surface area contributed by atoms with Gasteiger partial charge in [0, 0.05) is 0 Å². The molecule has 1 fully saturated rings. The highest BCUT2D eigenvalue weighted by Crippen LogP contribution is 2.37. The third-order valence-electron chi connectivity index (χ3n) is 4.99. The predicted octanol–water partition coefficient (Wildman–Crippen LogP) is 6.29. The Morgan fingerprint density at radius 2 is 1.76 bits per heavy atom. The Kier molecular flexibility index (Phi) is 6.30. The molecule has 2 rings (SSSR count). The van der Waals surface area contributed by atoms with Crippen molar-refractivity contribution in [1.29, 1.82) is 5.26 Å². The molecule has 1 saturated carbocycles. The summed E-state index contributed by atoms with van der Waals surface area (Å²) in [5.74, 6) is 1.30. The van der Waals surface area contributed by atoms with Gasteiger partial charge < -0.3 is 0 Å². The molecule has 1 nitrogen and oxygen atoms in total. The average Bonchev–Trinajstić information content (AvgIpc) is 2.55. The first-order valence-electron chi connectivity index (χ1n) is 8.84. The minimum Gasteiger partial charge on any atom is -0.192 e. The van der Waals surface area contributed by atoms with E-state index in [1.54, 1.807) is 0 Å². The number of hydrogen-bond donors (Lipinski definition) is 0. The van der Waals surface area contributed by atoms with Gasteiger partial charge >= 0.3 is 0 Å². The van der Waals surface area contributed by atoms with Crippen LogP contribution in [-0.2, 0) is 0 Å². The Morgan fingerprint density at radius 1 is 1.10 bits per heavy atom. The van der Waals surface area contributed by atoms with Crippen LogP contribution in [-0.4, -0.2) is 0 Å². The van der Waals surface area contributed by atoms with E-state index in [1.807, 2.05) is 0 Å². The van der Waals surface area contributed by atoms with Gasteiger partial charge in [-0.15, -0.1) is 0 Å². The molecule has 1 heteroatoms. The zero-order valence-electron chi connectivity index (χ0n) is 13.7. The van der Waals surface area contributed by atoms with E-state index >= 15 is 0 Å². The van der Waals surface area contributed by atoms with Crippen LogP contribution in [0.15, 0.2) is 18.2 Å². The minimum absolute atomic E-state index is 0.622. The minimum atomic E-state index is 0.622. The lowest BCUT2D eigenvalue weighted by molar-refractivity contribution is 0.442. The van der Waals surface area contributed by atoms with E-state index in [-0.39, 0.29) is 0 Å². The molecule has 0 unspecified atom stereocenters. The summed E-state index contributed by atoms with van der Waals surface area (Å²) in [5.41, 5.74) is 3.72. The number of rotatable bonds is 6. The van der Waals surface area contributed by atoms with Gasteiger partial charge in [-0.05, 0) is 54.7 Å². The molecule has 0 aromatic heterocycles. The van der Waals surface area contributed by atoms with Gasteiger partial charge in [-0.1, -0.05) is 58.1 Å². The van der Waals surface area contributed by atoms with Gasteiger partial charge in [0.25, 0.3) is 0 Å². The quantitative estimate of drug-likeness (QED) is 0.602. The van der Waals surface area contributed by atoms with Gasteiger partial charge in [-0.2, -0.15) is 5.26 Å². The molecule has 114 valence electrons. The fourth-order valence-electron chi connectivity index (χ4n) is 3.86. The summed E-state index contributed by atoms with van der Waals surface area (Å²) in [6.07, 6.45) is 11.6. The second-order valence-electron chi connectivity index (χ2n) is 6.57. The van der Waals surface area contributed by atoms with Gasteiger partial charge in [0.1, 0.15) is 0 Å². The molecule has 0 N–H and O–H groups in total. The van der Waals surface area contributed by atoms with Crippen molar-refractivity contribution < 1.29 is 0 Å². The van der Waals surface area contributed by atoms with Gasteiger partial charge in [-0.3, -0.25) is 0 Å². The van der Waals surface area contributed by atoms with Crippen molar-refractivity contribution >= 4 is 0 Å². The highest BCUT2D eigenvalue weighted by molar-refractivity contribution is 5.43. The Labute approximate surface area is 130 Å². The summed E-state index contributed by atoms with van der Waals surface area (Å²) in [5, 5.41) is 9.44. The Balaban J connectivity index is 2.29. The standard InChI is InChI=1S/C20H29N/c1-3-8-16(9-4-2)18-12-13-19(15-21)20(14-18)17-10-6-5-7-11-17/h12-14,16-17H,3-11H2,1-2H3. The van der Waals surface area contributed by atoms with Crippen molar-refractivity contribution in [2.75, 3.05) is 0 Å². The van der Waals surface area contributed by atoms with Crippen LogP contribution >= 0.6 is 0 Å². The molecule has 0 bridgehead atoms. The topological polar surface area (TPSA) is 23.8 Å². The van der Waals surface area contributed by atoms with Gasteiger partial charge in [0.05, 0.1) is 11.6 Å². The van der Waals surface area contributed by atoms with Crippen molar-refractivity contribution in [2.45, 2.75) is 83.5 Å². The first-order chi connectivity index (χ1) is 10.3. The summed E-state index contributed by atoms with van der Waals surface area (Å²) in [4.78, 5) is 0. The molecule has 1 aliphatic rings. The van der Waals surface area contributed by atoms with Crippen molar-refractivity contribution in [3.63, 3.8) is 0 Å². The van der Waals surface area contributed by atoms with Crippen LogP contribution in [0, 0.1) is 11.3 Å². The lowest BCUT2D eigenvalue weighted by atomic mass is 9.80. The highest BCUT2D eigenvalue weighted by atomic mass is 14.3. The van der Waals surface area contributed by atoms with Gasteiger partial charge in [-0.25, -0.2) is 0 Å². The maximum atomic E-state index is 9.44. The Bertz CT molecular complexity index is 471. The molecule has 0 radical (unpaired) electrons. The van der Waals surface area contributed by atoms with E-state index in [0.29, 0.717) is 11.8 Å².